The molecule has 3 rings (SSSR count). The van der Waals surface area contributed by atoms with E-state index in [4.69, 9.17) is 21.1 Å². The van der Waals surface area contributed by atoms with Crippen LogP contribution >= 0.6 is 11.6 Å². The second kappa shape index (κ2) is 7.28. The molecular formula is C21H29ClN2O6. The molecule has 2 N–H and O–H groups in total. The molecule has 166 valence electrons. The van der Waals surface area contributed by atoms with Crippen molar-refractivity contribution < 1.29 is 29.3 Å². The number of carbonyl (C=O) groups excluding carboxylic acids is 2. The average molecular weight is 441 g/mol. The highest BCUT2D eigenvalue weighted by atomic mass is 35.5. The fraction of sp³-hybridized carbons (Fsp3) is 0.619. The summed E-state index contributed by atoms with van der Waals surface area (Å²) < 4.78 is 11.1. The summed E-state index contributed by atoms with van der Waals surface area (Å²) in [6, 6.07) is 4.04. The molecule has 30 heavy (non-hydrogen) atoms. The van der Waals surface area contributed by atoms with E-state index in [1.54, 1.807) is 59.7 Å². The number of benzene rings is 1. The van der Waals surface area contributed by atoms with Gasteiger partial charge in [-0.15, -0.1) is 0 Å². The lowest BCUT2D eigenvalue weighted by atomic mass is 9.91. The third-order valence-electron chi connectivity index (χ3n) is 4.97. The van der Waals surface area contributed by atoms with Gasteiger partial charge in [-0.1, -0.05) is 17.7 Å². The van der Waals surface area contributed by atoms with Crippen molar-refractivity contribution in [3.05, 3.63) is 28.8 Å². The van der Waals surface area contributed by atoms with Crippen LogP contribution in [0.3, 0.4) is 0 Å². The monoisotopic (exact) mass is 440 g/mol. The van der Waals surface area contributed by atoms with Gasteiger partial charge in [-0.05, 0) is 53.7 Å². The number of ether oxygens (including phenoxy) is 2. The van der Waals surface area contributed by atoms with E-state index in [1.807, 2.05) is 0 Å². The lowest BCUT2D eigenvalue weighted by Crippen LogP contribution is -2.57. The number of halogens is 1. The maximum atomic E-state index is 13.2. The molecule has 2 aliphatic heterocycles. The van der Waals surface area contributed by atoms with E-state index in [9.17, 15) is 19.8 Å². The van der Waals surface area contributed by atoms with E-state index in [1.165, 1.54) is 9.80 Å². The third-order valence-corrected chi connectivity index (χ3v) is 5.20. The van der Waals surface area contributed by atoms with Crippen molar-refractivity contribution in [2.45, 2.75) is 77.0 Å². The number of hydrogen-bond donors (Lipinski definition) is 2. The topological polar surface area (TPSA) is 99.5 Å². The molecule has 0 spiro atoms. The van der Waals surface area contributed by atoms with Crippen molar-refractivity contribution in [2.75, 3.05) is 11.5 Å². The Balaban J connectivity index is 2.13. The van der Waals surface area contributed by atoms with E-state index in [-0.39, 0.29) is 6.42 Å². The number of anilines is 1. The van der Waals surface area contributed by atoms with Crippen molar-refractivity contribution in [1.82, 2.24) is 4.90 Å². The molecule has 0 aromatic heterocycles. The summed E-state index contributed by atoms with van der Waals surface area (Å²) >= 11 is 6.16. The van der Waals surface area contributed by atoms with Crippen LogP contribution in [0.2, 0.25) is 5.02 Å². The van der Waals surface area contributed by atoms with Crippen molar-refractivity contribution in [3.63, 3.8) is 0 Å². The highest BCUT2D eigenvalue weighted by Crippen LogP contribution is 2.53. The van der Waals surface area contributed by atoms with Crippen LogP contribution in [0.15, 0.2) is 18.2 Å². The van der Waals surface area contributed by atoms with Gasteiger partial charge < -0.3 is 19.7 Å². The number of fused-ring (bicyclic) bond motifs is 3. The smallest absolute Gasteiger partial charge is 0.416 e. The van der Waals surface area contributed by atoms with Gasteiger partial charge in [0.1, 0.15) is 16.8 Å². The SMILES string of the molecule is CC(C)(C)OC(=O)N1c2cc(Cl)ccc2[C@]2(O)C[C@H](CO)N(C(=O)OC(C)(C)C)[C@H]12. The van der Waals surface area contributed by atoms with Crippen molar-refractivity contribution in [1.29, 1.82) is 0 Å². The standard InChI is InChI=1S/C21H29ClN2O6/c1-19(2,3)29-17(26)23-13(11-25)10-21(28)14-8-7-12(22)9-15(14)24(16(21)23)18(27)30-20(4,5)6/h7-9,13,16,25,28H,10-11H2,1-6H3/t13-,16-,21-/m1/s1. The number of carbonyl (C=O) groups is 2. The second-order valence-corrected chi connectivity index (χ2v) is 10.2. The Morgan fingerprint density at radius 1 is 1.13 bits per heavy atom. The highest BCUT2D eigenvalue weighted by molar-refractivity contribution is 6.31. The summed E-state index contributed by atoms with van der Waals surface area (Å²) in [4.78, 5) is 28.7. The molecule has 1 aromatic rings. The van der Waals surface area contributed by atoms with E-state index in [0.717, 1.165) is 0 Å². The maximum Gasteiger partial charge on any atom is 0.416 e. The molecule has 2 amide bonds. The molecule has 1 aromatic carbocycles. The van der Waals surface area contributed by atoms with Crippen LogP contribution in [0.1, 0.15) is 53.5 Å². The number of aliphatic hydroxyl groups is 2. The van der Waals surface area contributed by atoms with Gasteiger partial charge in [0.05, 0.1) is 18.3 Å². The zero-order chi connectivity index (χ0) is 22.6. The van der Waals surface area contributed by atoms with E-state index in [0.29, 0.717) is 16.3 Å². The first-order chi connectivity index (χ1) is 13.7. The first-order valence-electron chi connectivity index (χ1n) is 9.85. The maximum absolute atomic E-state index is 13.2. The molecule has 0 aliphatic carbocycles. The number of aliphatic hydroxyl groups excluding tert-OH is 1. The molecular weight excluding hydrogens is 412 g/mol. The molecule has 8 nitrogen and oxygen atoms in total. The third kappa shape index (κ3) is 3.96. The van der Waals surface area contributed by atoms with Crippen molar-refractivity contribution >= 4 is 29.5 Å². The molecule has 0 saturated carbocycles. The minimum Gasteiger partial charge on any atom is -0.444 e. The fourth-order valence-corrected chi connectivity index (χ4v) is 4.17. The van der Waals surface area contributed by atoms with Gasteiger partial charge in [0, 0.05) is 17.0 Å². The quantitative estimate of drug-likeness (QED) is 0.692. The van der Waals surface area contributed by atoms with Crippen LogP contribution in [0, 0.1) is 0 Å². The first-order valence-corrected chi connectivity index (χ1v) is 10.2. The normalized spacial score (nSPS) is 25.8. The van der Waals surface area contributed by atoms with Crippen LogP contribution in [-0.2, 0) is 15.1 Å². The van der Waals surface area contributed by atoms with Crippen molar-refractivity contribution in [2.24, 2.45) is 0 Å². The largest absolute Gasteiger partial charge is 0.444 e. The van der Waals surface area contributed by atoms with Crippen LogP contribution < -0.4 is 4.90 Å². The Morgan fingerprint density at radius 2 is 1.70 bits per heavy atom. The van der Waals surface area contributed by atoms with Gasteiger partial charge in [0.15, 0.2) is 6.17 Å². The summed E-state index contributed by atoms with van der Waals surface area (Å²) in [7, 11) is 0. The summed E-state index contributed by atoms with van der Waals surface area (Å²) in [5.41, 5.74) is -2.42. The van der Waals surface area contributed by atoms with Gasteiger partial charge in [-0.3, -0.25) is 9.80 Å². The van der Waals surface area contributed by atoms with Gasteiger partial charge in [0.25, 0.3) is 0 Å². The molecule has 0 radical (unpaired) electrons. The van der Waals surface area contributed by atoms with E-state index in [2.05, 4.69) is 0 Å². The van der Waals surface area contributed by atoms with Gasteiger partial charge >= 0.3 is 12.2 Å². The molecule has 1 fully saturated rings. The van der Waals surface area contributed by atoms with Crippen LogP contribution in [0.25, 0.3) is 0 Å². The Morgan fingerprint density at radius 3 is 2.23 bits per heavy atom. The Kier molecular flexibility index (Phi) is 5.50. The van der Waals surface area contributed by atoms with Gasteiger partial charge in [0.2, 0.25) is 0 Å². The highest BCUT2D eigenvalue weighted by Gasteiger charge is 2.64. The minimum atomic E-state index is -1.61. The summed E-state index contributed by atoms with van der Waals surface area (Å²) in [5, 5.41) is 22.0. The average Bonchev–Trinajstić information content (AvgIpc) is 2.97. The summed E-state index contributed by atoms with van der Waals surface area (Å²) in [6.07, 6.45) is -2.59. The lowest BCUT2D eigenvalue weighted by molar-refractivity contribution is -0.0176. The molecule has 0 unspecified atom stereocenters. The van der Waals surface area contributed by atoms with Crippen LogP contribution in [0.4, 0.5) is 15.3 Å². The van der Waals surface area contributed by atoms with Gasteiger partial charge in [-0.25, -0.2) is 9.59 Å². The molecule has 2 aliphatic rings. The Hall–Kier alpha value is -2.03. The van der Waals surface area contributed by atoms with E-state index < -0.39 is 47.8 Å². The Labute approximate surface area is 181 Å². The molecule has 0 bridgehead atoms. The van der Waals surface area contributed by atoms with E-state index >= 15 is 0 Å². The van der Waals surface area contributed by atoms with Crippen molar-refractivity contribution in [3.8, 4) is 0 Å². The van der Waals surface area contributed by atoms with Crippen LogP contribution in [-0.4, -0.2) is 57.3 Å². The number of rotatable bonds is 1. The Bertz CT molecular complexity index is 862. The number of amides is 2. The zero-order valence-corrected chi connectivity index (χ0v) is 18.9. The number of hydrogen-bond acceptors (Lipinski definition) is 6. The molecule has 2 heterocycles. The fourth-order valence-electron chi connectivity index (χ4n) is 4.01. The predicted octanol–water partition coefficient (Wildman–Crippen LogP) is 3.61. The summed E-state index contributed by atoms with van der Waals surface area (Å²) in [5.74, 6) is 0. The number of nitrogens with zero attached hydrogens (tertiary/aromatic N) is 2. The summed E-state index contributed by atoms with van der Waals surface area (Å²) in [6.45, 7) is 9.93. The number of likely N-dealkylation sites (tertiary alicyclic amines) is 1. The lowest BCUT2D eigenvalue weighted by Gasteiger charge is -2.37. The molecule has 1 saturated heterocycles. The molecule has 3 atom stereocenters. The zero-order valence-electron chi connectivity index (χ0n) is 18.1. The second-order valence-electron chi connectivity index (χ2n) is 9.74. The first kappa shape index (κ1) is 22.7. The molecule has 9 heteroatoms. The van der Waals surface area contributed by atoms with Crippen LogP contribution in [0.5, 0.6) is 0 Å². The minimum absolute atomic E-state index is 0.0291. The van der Waals surface area contributed by atoms with Gasteiger partial charge in [-0.2, -0.15) is 0 Å². The predicted molar refractivity (Wildman–Crippen MR) is 111 cm³/mol.